The zero-order chi connectivity index (χ0) is 16.7. The Morgan fingerprint density at radius 2 is 1.78 bits per heavy atom. The van der Waals surface area contributed by atoms with Gasteiger partial charge in [-0.3, -0.25) is 0 Å². The van der Waals surface area contributed by atoms with Crippen LogP contribution in [-0.4, -0.2) is 24.4 Å². The number of aliphatic hydroxyl groups is 1. The normalized spacial score (nSPS) is 13.1. The summed E-state index contributed by atoms with van der Waals surface area (Å²) in [5.74, 6) is 0.648. The highest BCUT2D eigenvalue weighted by Crippen LogP contribution is 2.14. The molecular weight excluding hydrogens is 288 g/mol. The molecule has 0 aliphatic heterocycles. The number of nitrogens with one attached hydrogen (secondary N) is 1. The van der Waals surface area contributed by atoms with E-state index in [0.717, 1.165) is 0 Å². The van der Waals surface area contributed by atoms with Crippen LogP contribution in [0.5, 0.6) is 5.75 Å². The molecule has 0 aliphatic rings. The zero-order valence-electron chi connectivity index (χ0n) is 13.5. The van der Waals surface area contributed by atoms with Crippen LogP contribution in [0, 0.1) is 18.3 Å². The summed E-state index contributed by atoms with van der Waals surface area (Å²) in [4.78, 5) is 0. The van der Waals surface area contributed by atoms with E-state index in [1.54, 1.807) is 24.3 Å². The predicted octanol–water partition coefficient (Wildman–Crippen LogP) is 2.96. The van der Waals surface area contributed by atoms with Crippen LogP contribution in [0.4, 0.5) is 0 Å². The Hall–Kier alpha value is -2.35. The molecule has 0 amide bonds. The minimum atomic E-state index is -0.599. The maximum Gasteiger partial charge on any atom is 0.119 e. The summed E-state index contributed by atoms with van der Waals surface area (Å²) in [6.45, 7) is 4.79. The molecule has 0 saturated heterocycles. The lowest BCUT2D eigenvalue weighted by atomic mass is 10.1. The van der Waals surface area contributed by atoms with Gasteiger partial charge >= 0.3 is 0 Å². The number of aliphatic hydroxyl groups excluding tert-OH is 1. The fourth-order valence-corrected chi connectivity index (χ4v) is 2.16. The molecule has 0 heterocycles. The first kappa shape index (κ1) is 17.0. The van der Waals surface area contributed by atoms with Crippen LogP contribution in [0.15, 0.2) is 48.5 Å². The van der Waals surface area contributed by atoms with Gasteiger partial charge in [-0.25, -0.2) is 0 Å². The van der Waals surface area contributed by atoms with Gasteiger partial charge in [0.15, 0.2) is 0 Å². The van der Waals surface area contributed by atoms with E-state index in [2.05, 4.69) is 49.5 Å². The number of aryl methyl sites for hydroxylation is 1. The van der Waals surface area contributed by atoms with Crippen LogP contribution in [0.25, 0.3) is 0 Å². The number of nitriles is 1. The first-order chi connectivity index (χ1) is 11.1. The van der Waals surface area contributed by atoms with Crippen molar-refractivity contribution in [2.75, 3.05) is 13.2 Å². The smallest absolute Gasteiger partial charge is 0.119 e. The fourth-order valence-electron chi connectivity index (χ4n) is 2.16. The van der Waals surface area contributed by atoms with Crippen molar-refractivity contribution >= 4 is 0 Å². The maximum atomic E-state index is 10.0. The Labute approximate surface area is 137 Å². The second-order valence-electron chi connectivity index (χ2n) is 5.64. The van der Waals surface area contributed by atoms with Gasteiger partial charge in [0, 0.05) is 12.6 Å². The predicted molar refractivity (Wildman–Crippen MR) is 90.3 cm³/mol. The number of benzene rings is 2. The fraction of sp³-hybridized carbons (Fsp3) is 0.316. The van der Waals surface area contributed by atoms with Crippen LogP contribution < -0.4 is 10.1 Å². The minimum absolute atomic E-state index is 0.167. The third-order valence-corrected chi connectivity index (χ3v) is 3.66. The molecule has 2 N–H and O–H groups in total. The lowest BCUT2D eigenvalue weighted by molar-refractivity contribution is 0.104. The van der Waals surface area contributed by atoms with Gasteiger partial charge in [0.2, 0.25) is 0 Å². The molecule has 0 spiro atoms. The third-order valence-electron chi connectivity index (χ3n) is 3.66. The first-order valence-corrected chi connectivity index (χ1v) is 7.69. The maximum absolute atomic E-state index is 10.0. The van der Waals surface area contributed by atoms with Crippen molar-refractivity contribution in [1.82, 2.24) is 5.32 Å². The average molecular weight is 310 g/mol. The Morgan fingerprint density at radius 1 is 1.13 bits per heavy atom. The van der Waals surface area contributed by atoms with Gasteiger partial charge in [-0.2, -0.15) is 5.26 Å². The molecule has 2 unspecified atom stereocenters. The molecule has 0 aromatic heterocycles. The van der Waals surface area contributed by atoms with Crippen LogP contribution >= 0.6 is 0 Å². The van der Waals surface area contributed by atoms with Gasteiger partial charge < -0.3 is 15.2 Å². The average Bonchev–Trinajstić information content (AvgIpc) is 2.59. The van der Waals surface area contributed by atoms with Crippen molar-refractivity contribution in [1.29, 1.82) is 5.26 Å². The van der Waals surface area contributed by atoms with Gasteiger partial charge in [0.1, 0.15) is 18.5 Å². The Morgan fingerprint density at radius 3 is 2.39 bits per heavy atom. The van der Waals surface area contributed by atoms with Crippen LogP contribution in [-0.2, 0) is 0 Å². The third kappa shape index (κ3) is 5.41. The standard InChI is InChI=1S/C19H22N2O2/c1-14-3-7-17(8-4-14)15(2)21-12-18(22)13-23-19-9-5-16(11-20)6-10-19/h3-10,15,18,21-22H,12-13H2,1-2H3. The minimum Gasteiger partial charge on any atom is -0.491 e. The summed E-state index contributed by atoms with van der Waals surface area (Å²) in [5.41, 5.74) is 3.01. The van der Waals surface area contributed by atoms with Crippen LogP contribution in [0.3, 0.4) is 0 Å². The highest BCUT2D eigenvalue weighted by molar-refractivity contribution is 5.34. The van der Waals surface area contributed by atoms with E-state index in [-0.39, 0.29) is 12.6 Å². The Bertz CT molecular complexity index is 645. The van der Waals surface area contributed by atoms with Crippen molar-refractivity contribution in [3.63, 3.8) is 0 Å². The lowest BCUT2D eigenvalue weighted by Crippen LogP contribution is -2.33. The van der Waals surface area contributed by atoms with Gasteiger partial charge in [-0.05, 0) is 43.7 Å². The highest BCUT2D eigenvalue weighted by Gasteiger charge is 2.09. The SMILES string of the molecule is Cc1ccc(C(C)NCC(O)COc2ccc(C#N)cc2)cc1. The van der Waals surface area contributed by atoms with Gasteiger partial charge in [0.25, 0.3) is 0 Å². The number of hydrogen-bond donors (Lipinski definition) is 2. The van der Waals surface area contributed by atoms with Crippen LogP contribution in [0.1, 0.15) is 29.7 Å². The van der Waals surface area contributed by atoms with E-state index >= 15 is 0 Å². The molecule has 0 saturated carbocycles. The van der Waals surface area contributed by atoms with E-state index in [9.17, 15) is 5.11 Å². The molecule has 120 valence electrons. The molecule has 2 rings (SSSR count). The number of ether oxygens (including phenoxy) is 1. The second-order valence-corrected chi connectivity index (χ2v) is 5.64. The highest BCUT2D eigenvalue weighted by atomic mass is 16.5. The van der Waals surface area contributed by atoms with E-state index in [1.165, 1.54) is 11.1 Å². The summed E-state index contributed by atoms with van der Waals surface area (Å²) < 4.78 is 5.52. The zero-order valence-corrected chi connectivity index (χ0v) is 13.5. The number of hydrogen-bond acceptors (Lipinski definition) is 4. The molecular formula is C19H22N2O2. The number of rotatable bonds is 7. The van der Waals surface area contributed by atoms with Gasteiger partial charge in [-0.15, -0.1) is 0 Å². The monoisotopic (exact) mass is 310 g/mol. The Kier molecular flexibility index (Phi) is 6.16. The largest absolute Gasteiger partial charge is 0.491 e. The van der Waals surface area contributed by atoms with E-state index < -0.39 is 6.10 Å². The van der Waals surface area contributed by atoms with E-state index in [4.69, 9.17) is 10.00 Å². The molecule has 0 bridgehead atoms. The molecule has 4 heteroatoms. The second kappa shape index (κ2) is 8.33. The summed E-state index contributed by atoms with van der Waals surface area (Å²) >= 11 is 0. The summed E-state index contributed by atoms with van der Waals surface area (Å²) in [7, 11) is 0. The molecule has 2 aromatic rings. The first-order valence-electron chi connectivity index (χ1n) is 7.69. The molecule has 23 heavy (non-hydrogen) atoms. The molecule has 0 fully saturated rings. The Balaban J connectivity index is 1.75. The molecule has 0 radical (unpaired) electrons. The molecule has 4 nitrogen and oxygen atoms in total. The lowest BCUT2D eigenvalue weighted by Gasteiger charge is -2.18. The summed E-state index contributed by atoms with van der Waals surface area (Å²) in [5, 5.41) is 22.0. The van der Waals surface area contributed by atoms with Gasteiger partial charge in [0.05, 0.1) is 11.6 Å². The van der Waals surface area contributed by atoms with Gasteiger partial charge in [-0.1, -0.05) is 29.8 Å². The topological polar surface area (TPSA) is 65.3 Å². The van der Waals surface area contributed by atoms with E-state index in [0.29, 0.717) is 17.9 Å². The van der Waals surface area contributed by atoms with Crippen molar-refractivity contribution in [2.45, 2.75) is 26.0 Å². The van der Waals surface area contributed by atoms with Crippen molar-refractivity contribution in [2.24, 2.45) is 0 Å². The molecule has 2 atom stereocenters. The van der Waals surface area contributed by atoms with Crippen molar-refractivity contribution in [3.05, 3.63) is 65.2 Å². The molecule has 2 aromatic carbocycles. The number of nitrogens with zero attached hydrogens (tertiary/aromatic N) is 1. The summed E-state index contributed by atoms with van der Waals surface area (Å²) in [6.07, 6.45) is -0.599. The van der Waals surface area contributed by atoms with Crippen LogP contribution in [0.2, 0.25) is 0 Å². The summed E-state index contributed by atoms with van der Waals surface area (Å²) in [6, 6.07) is 17.4. The quantitative estimate of drug-likeness (QED) is 0.825. The van der Waals surface area contributed by atoms with E-state index in [1.807, 2.05) is 0 Å². The van der Waals surface area contributed by atoms with Crippen molar-refractivity contribution < 1.29 is 9.84 Å². The molecule has 0 aliphatic carbocycles. The van der Waals surface area contributed by atoms with Crippen molar-refractivity contribution in [3.8, 4) is 11.8 Å².